The van der Waals surface area contributed by atoms with Crippen LogP contribution in [0.4, 0.5) is 5.69 Å². The van der Waals surface area contributed by atoms with Gasteiger partial charge in [0.25, 0.3) is 5.91 Å². The van der Waals surface area contributed by atoms with Crippen LogP contribution in [0.15, 0.2) is 24.3 Å². The van der Waals surface area contributed by atoms with Gasteiger partial charge in [0.05, 0.1) is 5.56 Å². The summed E-state index contributed by atoms with van der Waals surface area (Å²) < 4.78 is 5.37. The van der Waals surface area contributed by atoms with E-state index in [-0.39, 0.29) is 11.9 Å². The first-order valence-electron chi connectivity index (χ1n) is 9.08. The summed E-state index contributed by atoms with van der Waals surface area (Å²) in [5, 5.41) is 3.06. The number of carbonyl (C=O) groups excluding carboxylic acids is 2. The second kappa shape index (κ2) is 8.37. The molecular formula is C20H30N2O3. The number of esters is 1. The van der Waals surface area contributed by atoms with E-state index in [1.54, 1.807) is 19.1 Å². The van der Waals surface area contributed by atoms with E-state index in [4.69, 9.17) is 4.74 Å². The van der Waals surface area contributed by atoms with E-state index in [0.717, 1.165) is 18.5 Å². The topological polar surface area (TPSA) is 58.6 Å². The Labute approximate surface area is 150 Å². The van der Waals surface area contributed by atoms with Gasteiger partial charge in [-0.05, 0) is 43.4 Å². The maximum atomic E-state index is 12.4. The quantitative estimate of drug-likeness (QED) is 0.832. The lowest BCUT2D eigenvalue weighted by molar-refractivity contribution is -0.130. The lowest BCUT2D eigenvalue weighted by Crippen LogP contribution is -2.47. The van der Waals surface area contributed by atoms with Crippen molar-refractivity contribution < 1.29 is 14.3 Å². The van der Waals surface area contributed by atoms with Crippen molar-refractivity contribution in [3.8, 4) is 0 Å². The van der Waals surface area contributed by atoms with E-state index in [1.807, 2.05) is 31.1 Å². The summed E-state index contributed by atoms with van der Waals surface area (Å²) in [5.41, 5.74) is 1.36. The van der Waals surface area contributed by atoms with E-state index in [9.17, 15) is 9.59 Å². The minimum absolute atomic E-state index is 0.162. The molecule has 5 heteroatoms. The summed E-state index contributed by atoms with van der Waals surface area (Å²) in [6, 6.07) is 7.35. The third kappa shape index (κ3) is 4.97. The van der Waals surface area contributed by atoms with Crippen molar-refractivity contribution in [3.63, 3.8) is 0 Å². The van der Waals surface area contributed by atoms with Gasteiger partial charge in [0.15, 0.2) is 6.10 Å². The molecule has 1 aromatic rings. The molecule has 0 spiro atoms. The zero-order valence-corrected chi connectivity index (χ0v) is 15.9. The lowest BCUT2D eigenvalue weighted by Gasteiger charge is -2.35. The molecule has 1 aliphatic carbocycles. The summed E-state index contributed by atoms with van der Waals surface area (Å²) in [7, 11) is 3.82. The fourth-order valence-corrected chi connectivity index (χ4v) is 3.28. The van der Waals surface area contributed by atoms with Gasteiger partial charge in [-0.15, -0.1) is 0 Å². The first-order chi connectivity index (χ1) is 11.8. The molecule has 25 heavy (non-hydrogen) atoms. The number of benzene rings is 1. The highest BCUT2D eigenvalue weighted by molar-refractivity contribution is 5.93. The Kier molecular flexibility index (Phi) is 6.45. The molecule has 1 aromatic carbocycles. The average Bonchev–Trinajstić information content (AvgIpc) is 2.58. The van der Waals surface area contributed by atoms with Gasteiger partial charge in [-0.25, -0.2) is 4.79 Å². The largest absolute Gasteiger partial charge is 0.449 e. The Morgan fingerprint density at radius 1 is 1.24 bits per heavy atom. The Bertz CT molecular complexity index is 615. The van der Waals surface area contributed by atoms with Crippen molar-refractivity contribution in [3.05, 3.63) is 29.8 Å². The van der Waals surface area contributed by atoms with Gasteiger partial charge >= 0.3 is 5.97 Å². The standard InChI is InChI=1S/C20H30N2O3/c1-13-8-6-11-18(14(13)2)21-19(23)15(3)25-20(24)16-9-7-10-17(12-16)22(4)5/h7,9-10,12-15,18H,6,8,11H2,1-5H3,(H,21,23)/t13-,14+,15+,18-/m1/s1. The molecule has 0 bridgehead atoms. The third-order valence-electron chi connectivity index (χ3n) is 5.29. The van der Waals surface area contributed by atoms with Crippen LogP contribution in [-0.4, -0.2) is 38.1 Å². The zero-order valence-electron chi connectivity index (χ0n) is 15.9. The number of rotatable bonds is 5. The molecule has 1 aliphatic rings. The average molecular weight is 346 g/mol. The third-order valence-corrected chi connectivity index (χ3v) is 5.29. The Morgan fingerprint density at radius 2 is 1.96 bits per heavy atom. The predicted octanol–water partition coefficient (Wildman–Crippen LogP) is 3.24. The monoisotopic (exact) mass is 346 g/mol. The van der Waals surface area contributed by atoms with Crippen molar-refractivity contribution in [2.75, 3.05) is 19.0 Å². The van der Waals surface area contributed by atoms with E-state index < -0.39 is 12.1 Å². The Morgan fingerprint density at radius 3 is 2.64 bits per heavy atom. The summed E-state index contributed by atoms with van der Waals surface area (Å²) in [4.78, 5) is 26.6. The first-order valence-corrected chi connectivity index (χ1v) is 9.08. The Balaban J connectivity index is 1.94. The number of anilines is 1. The van der Waals surface area contributed by atoms with Crippen LogP contribution in [0, 0.1) is 11.8 Å². The number of nitrogens with zero attached hydrogens (tertiary/aromatic N) is 1. The molecule has 2 rings (SSSR count). The minimum atomic E-state index is -0.806. The van der Waals surface area contributed by atoms with E-state index in [0.29, 0.717) is 17.4 Å². The molecule has 1 amide bonds. The van der Waals surface area contributed by atoms with Gasteiger partial charge in [-0.1, -0.05) is 32.8 Å². The second-order valence-corrected chi connectivity index (χ2v) is 7.37. The Hall–Kier alpha value is -2.04. The molecule has 138 valence electrons. The van der Waals surface area contributed by atoms with Crippen LogP contribution < -0.4 is 10.2 Å². The highest BCUT2D eigenvalue weighted by Gasteiger charge is 2.30. The summed E-state index contributed by atoms with van der Waals surface area (Å²) in [6.45, 7) is 6.03. The number of carbonyl (C=O) groups is 2. The van der Waals surface area contributed by atoms with E-state index in [1.165, 1.54) is 6.42 Å². The molecule has 0 radical (unpaired) electrons. The van der Waals surface area contributed by atoms with Gasteiger partial charge < -0.3 is 15.0 Å². The summed E-state index contributed by atoms with van der Waals surface area (Å²) in [6.07, 6.45) is 2.52. The number of hydrogen-bond donors (Lipinski definition) is 1. The molecular weight excluding hydrogens is 316 g/mol. The molecule has 1 saturated carbocycles. The normalized spacial score (nSPS) is 24.3. The fourth-order valence-electron chi connectivity index (χ4n) is 3.28. The van der Waals surface area contributed by atoms with Crippen LogP contribution in [0.5, 0.6) is 0 Å². The highest BCUT2D eigenvalue weighted by atomic mass is 16.5. The SMILES string of the molecule is C[C@H]1[C@H](C)CCC[C@H]1NC(=O)[C@H](C)OC(=O)c1cccc(N(C)C)c1. The van der Waals surface area contributed by atoms with Gasteiger partial charge in [0.2, 0.25) is 0 Å². The van der Waals surface area contributed by atoms with Gasteiger partial charge in [0, 0.05) is 25.8 Å². The molecule has 0 aromatic heterocycles. The lowest BCUT2D eigenvalue weighted by atomic mass is 9.78. The molecule has 0 saturated heterocycles. The van der Waals surface area contributed by atoms with Gasteiger partial charge in [-0.2, -0.15) is 0 Å². The summed E-state index contributed by atoms with van der Waals surface area (Å²) >= 11 is 0. The minimum Gasteiger partial charge on any atom is -0.449 e. The zero-order chi connectivity index (χ0) is 18.6. The second-order valence-electron chi connectivity index (χ2n) is 7.37. The van der Waals surface area contributed by atoms with Crippen LogP contribution in [0.2, 0.25) is 0 Å². The van der Waals surface area contributed by atoms with Crippen LogP contribution in [0.3, 0.4) is 0 Å². The van der Waals surface area contributed by atoms with Crippen LogP contribution in [0.25, 0.3) is 0 Å². The molecule has 1 fully saturated rings. The van der Waals surface area contributed by atoms with Crippen molar-refractivity contribution in [1.82, 2.24) is 5.32 Å². The van der Waals surface area contributed by atoms with Gasteiger partial charge in [-0.3, -0.25) is 4.79 Å². The molecule has 4 atom stereocenters. The molecule has 0 unspecified atom stereocenters. The maximum absolute atomic E-state index is 12.4. The van der Waals surface area contributed by atoms with E-state index >= 15 is 0 Å². The molecule has 0 heterocycles. The number of amides is 1. The van der Waals surface area contributed by atoms with Gasteiger partial charge in [0.1, 0.15) is 0 Å². The van der Waals surface area contributed by atoms with Crippen molar-refractivity contribution in [2.24, 2.45) is 11.8 Å². The van der Waals surface area contributed by atoms with Crippen molar-refractivity contribution in [2.45, 2.75) is 52.2 Å². The summed E-state index contributed by atoms with van der Waals surface area (Å²) in [5.74, 6) is 0.350. The van der Waals surface area contributed by atoms with Crippen molar-refractivity contribution >= 4 is 17.6 Å². The maximum Gasteiger partial charge on any atom is 0.338 e. The predicted molar refractivity (Wildman–Crippen MR) is 99.8 cm³/mol. The van der Waals surface area contributed by atoms with Crippen LogP contribution in [-0.2, 0) is 9.53 Å². The molecule has 5 nitrogen and oxygen atoms in total. The van der Waals surface area contributed by atoms with Crippen LogP contribution >= 0.6 is 0 Å². The van der Waals surface area contributed by atoms with Crippen LogP contribution in [0.1, 0.15) is 50.4 Å². The fraction of sp³-hybridized carbons (Fsp3) is 0.600. The highest BCUT2D eigenvalue weighted by Crippen LogP contribution is 2.29. The van der Waals surface area contributed by atoms with Crippen molar-refractivity contribution in [1.29, 1.82) is 0 Å². The van der Waals surface area contributed by atoms with E-state index in [2.05, 4.69) is 19.2 Å². The first kappa shape index (κ1) is 19.3. The smallest absolute Gasteiger partial charge is 0.338 e. The molecule has 0 aliphatic heterocycles. The number of ether oxygens (including phenoxy) is 1. The number of hydrogen-bond acceptors (Lipinski definition) is 4. The molecule has 1 N–H and O–H groups in total. The number of nitrogens with one attached hydrogen (secondary N) is 1.